The molecule has 0 atom stereocenters. The molecule has 4 aromatic rings. The van der Waals surface area contributed by atoms with Crippen molar-refractivity contribution in [2.75, 3.05) is 0 Å². The van der Waals surface area contributed by atoms with E-state index in [0.717, 1.165) is 0 Å². The summed E-state index contributed by atoms with van der Waals surface area (Å²) >= 11 is 0. The number of hydrogen-bond donors (Lipinski definition) is 1. The highest BCUT2D eigenvalue weighted by Crippen LogP contribution is 2.41. The summed E-state index contributed by atoms with van der Waals surface area (Å²) < 4.78 is 17.8. The summed E-state index contributed by atoms with van der Waals surface area (Å²) in [5, 5.41) is 8.50. The summed E-state index contributed by atoms with van der Waals surface area (Å²) in [6.45, 7) is 0. The van der Waals surface area contributed by atoms with Gasteiger partial charge in [0.15, 0.2) is 11.5 Å². The minimum atomic E-state index is -0.505. The van der Waals surface area contributed by atoms with Gasteiger partial charge in [-0.05, 0) is 66.9 Å². The average molecular weight is 440 g/mol. The van der Waals surface area contributed by atoms with Crippen molar-refractivity contribution in [3.05, 3.63) is 113 Å². The Labute approximate surface area is 189 Å². The third-order valence-corrected chi connectivity index (χ3v) is 5.42. The molecule has 2 heterocycles. The van der Waals surface area contributed by atoms with Crippen molar-refractivity contribution in [1.29, 1.82) is 0 Å². The van der Waals surface area contributed by atoms with E-state index in [0.29, 0.717) is 23.0 Å². The fourth-order valence-electron chi connectivity index (χ4n) is 3.63. The molecule has 7 nitrogen and oxygen atoms in total. The summed E-state index contributed by atoms with van der Waals surface area (Å²) in [5.74, 6) is 0.0727. The lowest BCUT2D eigenvalue weighted by molar-refractivity contribution is 0.606. The highest BCUT2D eigenvalue weighted by molar-refractivity contribution is 6.08. The number of benzene rings is 2. The molecular formula is C25H21FN6O. The van der Waals surface area contributed by atoms with E-state index in [-0.39, 0.29) is 16.8 Å². The number of nitrogens with two attached hydrogens (primary N) is 1. The Kier molecular flexibility index (Phi) is 5.40. The molecule has 0 aliphatic heterocycles. The van der Waals surface area contributed by atoms with Crippen LogP contribution in [0.5, 0.6) is 0 Å². The van der Waals surface area contributed by atoms with Gasteiger partial charge in [0.1, 0.15) is 5.69 Å². The van der Waals surface area contributed by atoms with Gasteiger partial charge < -0.3 is 5.73 Å². The number of nitrogens with zero attached hydrogens (tertiary/aromatic N) is 5. The third kappa shape index (κ3) is 4.36. The molecule has 5 rings (SSSR count). The molecule has 0 spiro atoms. The lowest BCUT2D eigenvalue weighted by atomic mass is 10.1. The highest BCUT2D eigenvalue weighted by atomic mass is 19.1. The molecule has 1 aliphatic carbocycles. The number of hydrogen-bond acceptors (Lipinski definition) is 5. The summed E-state index contributed by atoms with van der Waals surface area (Å²) in [4.78, 5) is 17.3. The minimum absolute atomic E-state index is 0.0755. The first-order valence-electron chi connectivity index (χ1n) is 10.6. The maximum Gasteiger partial charge on any atom is 0.209 e. The monoisotopic (exact) mass is 440 g/mol. The van der Waals surface area contributed by atoms with E-state index in [2.05, 4.69) is 21.3 Å². The van der Waals surface area contributed by atoms with Gasteiger partial charge in [0, 0.05) is 30.7 Å². The molecule has 0 saturated heterocycles. The largest absolute Gasteiger partial charge is 0.405 e. The van der Waals surface area contributed by atoms with E-state index in [1.54, 1.807) is 35.3 Å². The van der Waals surface area contributed by atoms with Crippen molar-refractivity contribution >= 4 is 11.4 Å². The van der Waals surface area contributed by atoms with Crippen molar-refractivity contribution < 1.29 is 4.39 Å². The van der Waals surface area contributed by atoms with Gasteiger partial charge in [-0.2, -0.15) is 10.2 Å². The first-order chi connectivity index (χ1) is 16.1. The first kappa shape index (κ1) is 20.6. The van der Waals surface area contributed by atoms with E-state index >= 15 is 0 Å². The van der Waals surface area contributed by atoms with Crippen LogP contribution in [0.4, 0.5) is 10.1 Å². The van der Waals surface area contributed by atoms with Crippen molar-refractivity contribution in [3.63, 3.8) is 0 Å². The van der Waals surface area contributed by atoms with E-state index in [9.17, 15) is 9.18 Å². The standard InChI is InChI=1S/C25H21FN6O/c26-21-16-20(31-13-2-12-28-31)7-8-23(21)32-14-10-24(33)25(30-32)22(9-11-27)29-19-4-1-3-18(15-19)17-5-6-17/h1-4,7-17H,5-6,27H2. The molecule has 33 heavy (non-hydrogen) atoms. The summed E-state index contributed by atoms with van der Waals surface area (Å²) in [6, 6.07) is 15.7. The fraction of sp³-hybridized carbons (Fsp3) is 0.120. The van der Waals surface area contributed by atoms with Crippen molar-refractivity contribution in [2.24, 2.45) is 10.7 Å². The molecule has 2 N–H and O–H groups in total. The van der Waals surface area contributed by atoms with Gasteiger partial charge in [0.25, 0.3) is 0 Å². The topological polar surface area (TPSA) is 91.1 Å². The Balaban J connectivity index is 1.54. The smallest absolute Gasteiger partial charge is 0.209 e. The van der Waals surface area contributed by atoms with Crippen LogP contribution < -0.4 is 11.2 Å². The second-order valence-electron chi connectivity index (χ2n) is 7.78. The van der Waals surface area contributed by atoms with Crippen LogP contribution in [0.25, 0.3) is 11.4 Å². The molecule has 164 valence electrons. The third-order valence-electron chi connectivity index (χ3n) is 5.42. The average Bonchev–Trinajstić information content (AvgIpc) is 3.53. The first-order valence-corrected chi connectivity index (χ1v) is 10.6. The Morgan fingerprint density at radius 2 is 1.97 bits per heavy atom. The minimum Gasteiger partial charge on any atom is -0.405 e. The number of allylic oxidation sites excluding steroid dienone is 1. The predicted molar refractivity (Wildman–Crippen MR) is 125 cm³/mol. The zero-order valence-electron chi connectivity index (χ0n) is 17.7. The highest BCUT2D eigenvalue weighted by Gasteiger charge is 2.23. The van der Waals surface area contributed by atoms with E-state index < -0.39 is 5.82 Å². The van der Waals surface area contributed by atoms with Gasteiger partial charge in [0.05, 0.1) is 17.1 Å². The zero-order valence-corrected chi connectivity index (χ0v) is 17.7. The summed E-state index contributed by atoms with van der Waals surface area (Å²) in [5.41, 5.74) is 8.37. The molecule has 0 radical (unpaired) electrons. The van der Waals surface area contributed by atoms with Crippen LogP contribution in [0, 0.1) is 5.82 Å². The van der Waals surface area contributed by atoms with E-state index in [1.807, 2.05) is 18.2 Å². The predicted octanol–water partition coefficient (Wildman–Crippen LogP) is 4.03. The molecule has 1 saturated carbocycles. The SMILES string of the molecule is NC=CC(=Nc1cccc(C2CC2)c1)c1nn(-c2ccc(-n3cccn3)cc2F)ccc1=O. The van der Waals surface area contributed by atoms with E-state index in [1.165, 1.54) is 53.7 Å². The molecule has 2 aromatic heterocycles. The molecule has 1 aliphatic rings. The Hall–Kier alpha value is -4.33. The molecule has 8 heteroatoms. The van der Waals surface area contributed by atoms with Crippen LogP contribution in [-0.2, 0) is 0 Å². The molecular weight excluding hydrogens is 419 g/mol. The van der Waals surface area contributed by atoms with Crippen LogP contribution in [0.15, 0.2) is 95.3 Å². The summed E-state index contributed by atoms with van der Waals surface area (Å²) in [6.07, 6.45) is 9.96. The Bertz CT molecular complexity index is 1420. The van der Waals surface area contributed by atoms with Gasteiger partial charge >= 0.3 is 0 Å². The maximum absolute atomic E-state index is 14.9. The quantitative estimate of drug-likeness (QED) is 0.458. The summed E-state index contributed by atoms with van der Waals surface area (Å²) in [7, 11) is 0. The number of rotatable bonds is 6. The van der Waals surface area contributed by atoms with Crippen molar-refractivity contribution in [3.8, 4) is 11.4 Å². The Morgan fingerprint density at radius 3 is 2.70 bits per heavy atom. The van der Waals surface area contributed by atoms with E-state index in [4.69, 9.17) is 5.73 Å². The van der Waals surface area contributed by atoms with Crippen LogP contribution in [0.1, 0.15) is 30.0 Å². The second-order valence-corrected chi connectivity index (χ2v) is 7.78. The second kappa shape index (κ2) is 8.66. The van der Waals surface area contributed by atoms with Gasteiger partial charge in [-0.1, -0.05) is 12.1 Å². The van der Waals surface area contributed by atoms with Crippen molar-refractivity contribution in [2.45, 2.75) is 18.8 Å². The van der Waals surface area contributed by atoms with Gasteiger partial charge in [0.2, 0.25) is 5.43 Å². The van der Waals surface area contributed by atoms with Gasteiger partial charge in [-0.3, -0.25) is 4.79 Å². The fourth-order valence-corrected chi connectivity index (χ4v) is 3.63. The van der Waals surface area contributed by atoms with Crippen LogP contribution in [-0.4, -0.2) is 25.3 Å². The lowest BCUT2D eigenvalue weighted by Crippen LogP contribution is -2.21. The normalized spacial score (nSPS) is 14.2. The van der Waals surface area contributed by atoms with Crippen molar-refractivity contribution in [1.82, 2.24) is 19.6 Å². The molecule has 0 bridgehead atoms. The molecule has 0 unspecified atom stereocenters. The van der Waals surface area contributed by atoms with Gasteiger partial charge in [-0.15, -0.1) is 0 Å². The maximum atomic E-state index is 14.9. The Morgan fingerprint density at radius 1 is 1.09 bits per heavy atom. The molecule has 1 fully saturated rings. The molecule has 2 aromatic carbocycles. The van der Waals surface area contributed by atoms with Crippen LogP contribution in [0.2, 0.25) is 0 Å². The van der Waals surface area contributed by atoms with Gasteiger partial charge in [-0.25, -0.2) is 18.7 Å². The van der Waals surface area contributed by atoms with Crippen LogP contribution in [0.3, 0.4) is 0 Å². The number of aromatic nitrogens is 4. The number of aliphatic imine (C=N–C) groups is 1. The van der Waals surface area contributed by atoms with Crippen LogP contribution >= 0.6 is 0 Å². The molecule has 0 amide bonds. The zero-order chi connectivity index (χ0) is 22.8. The lowest BCUT2D eigenvalue weighted by Gasteiger charge is -2.10. The number of halogens is 1.